The Morgan fingerprint density at radius 2 is 1.15 bits per heavy atom. The number of nitrogens with zero attached hydrogens (tertiary/aromatic N) is 2. The number of aliphatic hydroxyl groups is 2. The highest BCUT2D eigenvalue weighted by Gasteiger charge is 2.29. The van der Waals surface area contributed by atoms with Gasteiger partial charge in [0.15, 0.2) is 0 Å². The van der Waals surface area contributed by atoms with Crippen LogP contribution in [0.1, 0.15) is 34.3 Å². The van der Waals surface area contributed by atoms with E-state index in [4.69, 9.17) is 20.3 Å². The third-order valence-electron chi connectivity index (χ3n) is 9.17. The standard InChI is InChI=1S/2C19H24N2O2.C4H4O4/c2*20-12-19-18-9-5-4-6-15(18)10-11-21(19)13-16(22)14-23-17-7-2-1-3-8-17;5-3(6)1-2-4(7)8/h2*1-9,16,19,22H,10-14,20H2;1-2H,(H,5,6)(H,7,8)/b;;2-1+. The average Bonchev–Trinajstić information content (AvgIpc) is 3.19. The van der Waals surface area contributed by atoms with E-state index < -0.39 is 24.1 Å². The van der Waals surface area contributed by atoms with E-state index in [1.54, 1.807) is 0 Å². The molecule has 12 nitrogen and oxygen atoms in total. The fourth-order valence-electron chi connectivity index (χ4n) is 6.66. The predicted molar refractivity (Wildman–Crippen MR) is 203 cm³/mol. The Hall–Kier alpha value is -5.08. The minimum Gasteiger partial charge on any atom is -0.545 e. The molecule has 4 aromatic rings. The number of quaternary nitrogens is 1. The molecule has 2 heterocycles. The molecule has 0 spiro atoms. The first-order valence-corrected chi connectivity index (χ1v) is 18.1. The van der Waals surface area contributed by atoms with Crippen LogP contribution < -0.4 is 26.0 Å². The molecule has 4 aromatic carbocycles. The first-order valence-electron chi connectivity index (χ1n) is 18.1. The van der Waals surface area contributed by atoms with E-state index in [0.717, 1.165) is 44.0 Å². The summed E-state index contributed by atoms with van der Waals surface area (Å²) in [6.45, 7) is 5.03. The van der Waals surface area contributed by atoms with Gasteiger partial charge < -0.3 is 46.2 Å². The zero-order valence-corrected chi connectivity index (χ0v) is 30.5. The van der Waals surface area contributed by atoms with E-state index in [-0.39, 0.29) is 12.1 Å². The number of rotatable bonds is 14. The number of carboxylic acids is 2. The minimum absolute atomic E-state index is 0.173. The van der Waals surface area contributed by atoms with Gasteiger partial charge in [-0.25, -0.2) is 4.79 Å². The lowest BCUT2D eigenvalue weighted by atomic mass is 9.92. The number of ether oxygens (including phenoxy) is 2. The summed E-state index contributed by atoms with van der Waals surface area (Å²) in [5.41, 5.74) is 15.5. The van der Waals surface area contributed by atoms with Gasteiger partial charge in [-0.05, 0) is 65.4 Å². The Labute approximate surface area is 316 Å². The molecule has 0 aromatic heterocycles. The first-order chi connectivity index (χ1) is 26.2. The van der Waals surface area contributed by atoms with E-state index in [0.29, 0.717) is 45.0 Å². The van der Waals surface area contributed by atoms with Crippen molar-refractivity contribution in [1.82, 2.24) is 9.80 Å². The summed E-state index contributed by atoms with van der Waals surface area (Å²) < 4.78 is 11.3. The molecule has 288 valence electrons. The van der Waals surface area contributed by atoms with Gasteiger partial charge in [0.05, 0.1) is 18.6 Å². The van der Waals surface area contributed by atoms with Gasteiger partial charge in [0.1, 0.15) is 36.9 Å². The Kier molecular flexibility index (Phi) is 17.1. The fourth-order valence-corrected chi connectivity index (χ4v) is 6.66. The van der Waals surface area contributed by atoms with Crippen molar-refractivity contribution in [2.75, 3.05) is 52.5 Å². The van der Waals surface area contributed by atoms with Crippen molar-refractivity contribution < 1.29 is 45.2 Å². The molecule has 2 aliphatic heterocycles. The minimum atomic E-state index is -1.51. The van der Waals surface area contributed by atoms with Crippen LogP contribution in [-0.4, -0.2) is 102 Å². The third-order valence-corrected chi connectivity index (χ3v) is 9.17. The Balaban J connectivity index is 0.000000201. The summed E-state index contributed by atoms with van der Waals surface area (Å²) in [5, 5.41) is 37.9. The molecule has 0 aliphatic carbocycles. The Morgan fingerprint density at radius 1 is 0.722 bits per heavy atom. The monoisotopic (exact) mass is 740 g/mol. The van der Waals surface area contributed by atoms with E-state index in [1.807, 2.05) is 60.7 Å². The number of benzene rings is 4. The maximum atomic E-state index is 10.3. The van der Waals surface area contributed by atoms with Gasteiger partial charge >= 0.3 is 5.97 Å². The largest absolute Gasteiger partial charge is 0.545 e. The van der Waals surface area contributed by atoms with Crippen molar-refractivity contribution in [3.05, 3.63) is 144 Å². The summed E-state index contributed by atoms with van der Waals surface area (Å²) in [4.78, 5) is 23.6. The van der Waals surface area contributed by atoms with Gasteiger partial charge in [-0.1, -0.05) is 84.9 Å². The molecule has 0 saturated heterocycles. The second kappa shape index (κ2) is 22.2. The molecule has 8 N–H and O–H groups in total. The number of carbonyl (C=O) groups is 2. The quantitative estimate of drug-likeness (QED) is 0.118. The molecule has 6 rings (SSSR count). The lowest BCUT2D eigenvalue weighted by Gasteiger charge is -2.37. The van der Waals surface area contributed by atoms with Crippen LogP contribution in [0, 0.1) is 0 Å². The van der Waals surface area contributed by atoms with Crippen LogP contribution in [0.4, 0.5) is 0 Å². The average molecular weight is 741 g/mol. The lowest BCUT2D eigenvalue weighted by molar-refractivity contribution is -0.380. The number of nitrogens with two attached hydrogens (primary N) is 1. The van der Waals surface area contributed by atoms with E-state index >= 15 is 0 Å². The zero-order valence-electron chi connectivity index (χ0n) is 30.5. The molecule has 0 amide bonds. The van der Waals surface area contributed by atoms with Crippen LogP contribution in [0.2, 0.25) is 0 Å². The van der Waals surface area contributed by atoms with Gasteiger partial charge in [-0.2, -0.15) is 0 Å². The SMILES string of the molecule is NCC1c2ccccc2CCN1CC(O)COc1ccccc1.O=C([O-])/C=C/C(=O)O.[NH3+]CC1c2ccccc2CCN1CC(O)COc1ccccc1. The molecule has 0 radical (unpaired) electrons. The van der Waals surface area contributed by atoms with Gasteiger partial charge in [-0.3, -0.25) is 9.80 Å². The van der Waals surface area contributed by atoms with Crippen LogP contribution >= 0.6 is 0 Å². The lowest BCUT2D eigenvalue weighted by Crippen LogP contribution is -2.58. The van der Waals surface area contributed by atoms with Crippen molar-refractivity contribution in [2.45, 2.75) is 37.1 Å². The number of para-hydroxylation sites is 2. The second-order valence-electron chi connectivity index (χ2n) is 13.0. The molecule has 2 aliphatic rings. The highest BCUT2D eigenvalue weighted by molar-refractivity contribution is 5.88. The van der Waals surface area contributed by atoms with Crippen LogP contribution in [0.3, 0.4) is 0 Å². The van der Waals surface area contributed by atoms with Crippen LogP contribution in [0.15, 0.2) is 121 Å². The number of carbonyl (C=O) groups excluding carboxylic acids is 1. The van der Waals surface area contributed by atoms with Crippen molar-refractivity contribution in [3.63, 3.8) is 0 Å². The van der Waals surface area contributed by atoms with E-state index in [1.165, 1.54) is 22.3 Å². The highest BCUT2D eigenvalue weighted by atomic mass is 16.5. The molecular formula is C42H52N4O8. The van der Waals surface area contributed by atoms with Crippen molar-refractivity contribution in [2.24, 2.45) is 5.73 Å². The smallest absolute Gasteiger partial charge is 0.328 e. The predicted octanol–water partition coefficient (Wildman–Crippen LogP) is 1.63. The number of aliphatic hydroxyl groups excluding tert-OH is 2. The molecular weight excluding hydrogens is 688 g/mol. The normalized spacial score (nSPS) is 17.7. The molecule has 0 saturated carbocycles. The molecule has 12 heteroatoms. The molecule has 54 heavy (non-hydrogen) atoms. The summed E-state index contributed by atoms with van der Waals surface area (Å²) >= 11 is 0. The zero-order chi connectivity index (χ0) is 38.7. The van der Waals surface area contributed by atoms with Crippen LogP contribution in [0.5, 0.6) is 11.5 Å². The van der Waals surface area contributed by atoms with Crippen LogP contribution in [0.25, 0.3) is 0 Å². The number of carboxylic acid groups (broad SMARTS) is 2. The topological polar surface area (TPSA) is 196 Å². The first kappa shape index (κ1) is 41.7. The Morgan fingerprint density at radius 3 is 1.56 bits per heavy atom. The summed E-state index contributed by atoms with van der Waals surface area (Å²) in [5.74, 6) is -1.23. The third kappa shape index (κ3) is 13.4. The van der Waals surface area contributed by atoms with Gasteiger partial charge in [-0.15, -0.1) is 0 Å². The molecule has 0 bridgehead atoms. The Bertz CT molecular complexity index is 1620. The summed E-state index contributed by atoms with van der Waals surface area (Å²) in [6.07, 6.45) is 1.93. The number of hydrogen-bond donors (Lipinski definition) is 5. The van der Waals surface area contributed by atoms with Gasteiger partial charge in [0, 0.05) is 44.8 Å². The number of fused-ring (bicyclic) bond motifs is 2. The number of hydrogen-bond acceptors (Lipinski definition) is 10. The molecule has 4 atom stereocenters. The van der Waals surface area contributed by atoms with Crippen molar-refractivity contribution in [3.8, 4) is 11.5 Å². The maximum absolute atomic E-state index is 10.3. The summed E-state index contributed by atoms with van der Waals surface area (Å²) in [7, 11) is 0. The second-order valence-corrected chi connectivity index (χ2v) is 13.0. The number of aliphatic carboxylic acids is 2. The van der Waals surface area contributed by atoms with Gasteiger partial charge in [0.2, 0.25) is 0 Å². The highest BCUT2D eigenvalue weighted by Crippen LogP contribution is 2.30. The fraction of sp³-hybridized carbons (Fsp3) is 0.333. The molecule has 0 fully saturated rings. The number of β-amino-alcohol motifs (C(OH)–C–C–N with tert-alkyl or cyclic N) is 2. The van der Waals surface area contributed by atoms with Gasteiger partial charge in [0.25, 0.3) is 0 Å². The molecule has 4 unspecified atom stereocenters. The van der Waals surface area contributed by atoms with E-state index in [9.17, 15) is 24.9 Å². The van der Waals surface area contributed by atoms with Crippen molar-refractivity contribution >= 4 is 11.9 Å². The summed E-state index contributed by atoms with van der Waals surface area (Å²) in [6, 6.07) is 36.7. The maximum Gasteiger partial charge on any atom is 0.328 e. The van der Waals surface area contributed by atoms with E-state index in [2.05, 4.69) is 64.1 Å². The van der Waals surface area contributed by atoms with Crippen molar-refractivity contribution in [1.29, 1.82) is 0 Å². The van der Waals surface area contributed by atoms with Crippen LogP contribution in [-0.2, 0) is 22.4 Å².